The minimum absolute atomic E-state index is 0.129. The Labute approximate surface area is 99.8 Å². The third-order valence-electron chi connectivity index (χ3n) is 2.22. The second kappa shape index (κ2) is 5.28. The maximum Gasteiger partial charge on any atom is 0.182 e. The quantitative estimate of drug-likeness (QED) is 0.772. The van der Waals surface area contributed by atoms with Crippen LogP contribution in [0.5, 0.6) is 0 Å². The molecule has 0 bridgehead atoms. The molecule has 0 aliphatic heterocycles. The summed E-state index contributed by atoms with van der Waals surface area (Å²) in [5.41, 5.74) is 0.198. The van der Waals surface area contributed by atoms with Gasteiger partial charge in [0.05, 0.1) is 10.1 Å². The summed E-state index contributed by atoms with van der Waals surface area (Å²) < 4.78 is 23.9. The van der Waals surface area contributed by atoms with E-state index in [0.717, 1.165) is 0 Å². The minimum Gasteiger partial charge on any atom is -0.244 e. The molecule has 1 atom stereocenters. The van der Waals surface area contributed by atoms with Gasteiger partial charge in [-0.3, -0.25) is 0 Å². The van der Waals surface area contributed by atoms with Gasteiger partial charge in [0.2, 0.25) is 0 Å². The standard InChI is InChI=1S/C10H11ClN2O2S/c1-8(4-5-11)16(14,15)10-3-2-9(6-12)13-7-10/h2-3,7-8H,4-5H2,1H3. The molecular weight excluding hydrogens is 248 g/mol. The van der Waals surface area contributed by atoms with E-state index in [1.165, 1.54) is 18.3 Å². The third-order valence-corrected chi connectivity index (χ3v) is 4.64. The lowest BCUT2D eigenvalue weighted by Gasteiger charge is -2.10. The van der Waals surface area contributed by atoms with Crippen LogP contribution in [-0.2, 0) is 9.84 Å². The zero-order chi connectivity index (χ0) is 12.2. The summed E-state index contributed by atoms with van der Waals surface area (Å²) in [5, 5.41) is 8.00. The molecule has 0 saturated heterocycles. The van der Waals surface area contributed by atoms with Crippen molar-refractivity contribution in [3.63, 3.8) is 0 Å². The fourth-order valence-corrected chi connectivity index (χ4v) is 2.96. The number of pyridine rings is 1. The van der Waals surface area contributed by atoms with E-state index in [2.05, 4.69) is 4.98 Å². The Balaban J connectivity index is 3.04. The summed E-state index contributed by atoms with van der Waals surface area (Å²) in [6, 6.07) is 4.62. The van der Waals surface area contributed by atoms with E-state index in [9.17, 15) is 8.42 Å². The van der Waals surface area contributed by atoms with Gasteiger partial charge in [-0.15, -0.1) is 11.6 Å². The van der Waals surface area contributed by atoms with Gasteiger partial charge in [-0.25, -0.2) is 13.4 Å². The number of hydrogen-bond donors (Lipinski definition) is 0. The second-order valence-electron chi connectivity index (χ2n) is 3.32. The van der Waals surface area contributed by atoms with Gasteiger partial charge in [-0.05, 0) is 25.5 Å². The monoisotopic (exact) mass is 258 g/mol. The van der Waals surface area contributed by atoms with Crippen LogP contribution < -0.4 is 0 Å². The maximum atomic E-state index is 11.9. The number of hydrogen-bond acceptors (Lipinski definition) is 4. The first-order valence-electron chi connectivity index (χ1n) is 4.68. The Morgan fingerprint density at radius 1 is 1.56 bits per heavy atom. The number of nitrogens with zero attached hydrogens (tertiary/aromatic N) is 2. The van der Waals surface area contributed by atoms with E-state index in [1.54, 1.807) is 6.92 Å². The van der Waals surface area contributed by atoms with Gasteiger partial charge >= 0.3 is 0 Å². The van der Waals surface area contributed by atoms with Gasteiger partial charge in [0.25, 0.3) is 0 Å². The van der Waals surface area contributed by atoms with Gasteiger partial charge in [0, 0.05) is 12.1 Å². The van der Waals surface area contributed by atoms with Crippen LogP contribution in [0.2, 0.25) is 0 Å². The summed E-state index contributed by atoms with van der Waals surface area (Å²) in [5.74, 6) is 0.296. The molecular formula is C10H11ClN2O2S. The smallest absolute Gasteiger partial charge is 0.182 e. The van der Waals surface area contributed by atoms with Gasteiger partial charge < -0.3 is 0 Å². The second-order valence-corrected chi connectivity index (χ2v) is 6.07. The van der Waals surface area contributed by atoms with E-state index in [-0.39, 0.29) is 10.6 Å². The van der Waals surface area contributed by atoms with E-state index < -0.39 is 15.1 Å². The van der Waals surface area contributed by atoms with Crippen LogP contribution in [0.15, 0.2) is 23.2 Å². The molecule has 0 amide bonds. The van der Waals surface area contributed by atoms with E-state index >= 15 is 0 Å². The molecule has 0 spiro atoms. The molecule has 0 radical (unpaired) electrons. The zero-order valence-electron chi connectivity index (χ0n) is 8.72. The minimum atomic E-state index is -3.38. The number of aromatic nitrogens is 1. The van der Waals surface area contributed by atoms with Crippen LogP contribution in [0.25, 0.3) is 0 Å². The normalized spacial score (nSPS) is 13.1. The molecule has 1 unspecified atom stereocenters. The van der Waals surface area contributed by atoms with E-state index in [4.69, 9.17) is 16.9 Å². The number of rotatable bonds is 4. The van der Waals surface area contributed by atoms with Crippen molar-refractivity contribution in [1.29, 1.82) is 5.26 Å². The maximum absolute atomic E-state index is 11.9. The summed E-state index contributed by atoms with van der Waals surface area (Å²) >= 11 is 5.51. The summed E-state index contributed by atoms with van der Waals surface area (Å²) in [4.78, 5) is 3.86. The highest BCUT2D eigenvalue weighted by atomic mass is 35.5. The van der Waals surface area contributed by atoms with Crippen molar-refractivity contribution in [2.75, 3.05) is 5.88 Å². The van der Waals surface area contributed by atoms with Crippen molar-refractivity contribution in [3.05, 3.63) is 24.0 Å². The van der Waals surface area contributed by atoms with Crippen molar-refractivity contribution >= 4 is 21.4 Å². The Morgan fingerprint density at radius 3 is 2.69 bits per heavy atom. The average molecular weight is 259 g/mol. The Morgan fingerprint density at radius 2 is 2.25 bits per heavy atom. The molecule has 1 aromatic heterocycles. The fraction of sp³-hybridized carbons (Fsp3) is 0.400. The molecule has 0 aliphatic carbocycles. The topological polar surface area (TPSA) is 70.8 Å². The van der Waals surface area contributed by atoms with Crippen molar-refractivity contribution in [2.24, 2.45) is 0 Å². The molecule has 1 rings (SSSR count). The highest BCUT2D eigenvalue weighted by Crippen LogP contribution is 2.17. The first kappa shape index (κ1) is 12.9. The van der Waals surface area contributed by atoms with Crippen LogP contribution in [-0.4, -0.2) is 24.5 Å². The lowest BCUT2D eigenvalue weighted by molar-refractivity contribution is 0.581. The first-order valence-corrected chi connectivity index (χ1v) is 6.76. The molecule has 0 aliphatic rings. The molecule has 6 heteroatoms. The largest absolute Gasteiger partial charge is 0.244 e. The predicted octanol–water partition coefficient (Wildman–Crippen LogP) is 1.74. The van der Waals surface area contributed by atoms with E-state index in [1.807, 2.05) is 6.07 Å². The highest BCUT2D eigenvalue weighted by Gasteiger charge is 2.22. The summed E-state index contributed by atoms with van der Waals surface area (Å²) in [6.07, 6.45) is 1.60. The van der Waals surface area contributed by atoms with Gasteiger partial charge in [0.1, 0.15) is 11.8 Å². The number of nitriles is 1. The lowest BCUT2D eigenvalue weighted by atomic mass is 10.4. The van der Waals surface area contributed by atoms with Crippen LogP contribution in [0.4, 0.5) is 0 Å². The zero-order valence-corrected chi connectivity index (χ0v) is 10.3. The average Bonchev–Trinajstić information content (AvgIpc) is 2.29. The molecule has 0 fully saturated rings. The SMILES string of the molecule is CC(CCCl)S(=O)(=O)c1ccc(C#N)nc1. The Hall–Kier alpha value is -1.12. The summed E-state index contributed by atoms with van der Waals surface area (Å²) in [7, 11) is -3.38. The third kappa shape index (κ3) is 2.71. The van der Waals surface area contributed by atoms with Gasteiger partial charge in [-0.2, -0.15) is 5.26 Å². The van der Waals surface area contributed by atoms with Crippen molar-refractivity contribution in [3.8, 4) is 6.07 Å². The number of alkyl halides is 1. The predicted molar refractivity (Wildman–Crippen MR) is 60.9 cm³/mol. The van der Waals surface area contributed by atoms with E-state index in [0.29, 0.717) is 12.3 Å². The molecule has 4 nitrogen and oxygen atoms in total. The van der Waals surface area contributed by atoms with Crippen molar-refractivity contribution in [1.82, 2.24) is 4.98 Å². The first-order chi connectivity index (χ1) is 7.52. The Kier molecular flexibility index (Phi) is 4.27. The lowest BCUT2D eigenvalue weighted by Crippen LogP contribution is -2.18. The Bertz CT molecular complexity index is 491. The van der Waals surface area contributed by atoms with Crippen LogP contribution in [0, 0.1) is 11.3 Å². The number of halogens is 1. The highest BCUT2D eigenvalue weighted by molar-refractivity contribution is 7.92. The van der Waals surface area contributed by atoms with Crippen LogP contribution in [0.3, 0.4) is 0 Å². The molecule has 1 aromatic rings. The molecule has 0 N–H and O–H groups in total. The fourth-order valence-electron chi connectivity index (χ4n) is 1.16. The van der Waals surface area contributed by atoms with Gasteiger partial charge in [0.15, 0.2) is 9.84 Å². The molecule has 0 saturated carbocycles. The summed E-state index contributed by atoms with van der Waals surface area (Å²) in [6.45, 7) is 1.61. The molecule has 1 heterocycles. The molecule has 86 valence electrons. The van der Waals surface area contributed by atoms with Crippen molar-refractivity contribution in [2.45, 2.75) is 23.5 Å². The molecule has 16 heavy (non-hydrogen) atoms. The van der Waals surface area contributed by atoms with Crippen LogP contribution in [0.1, 0.15) is 19.0 Å². The van der Waals surface area contributed by atoms with Crippen LogP contribution >= 0.6 is 11.6 Å². The number of sulfone groups is 1. The van der Waals surface area contributed by atoms with Gasteiger partial charge in [-0.1, -0.05) is 0 Å². The van der Waals surface area contributed by atoms with Crippen molar-refractivity contribution < 1.29 is 8.42 Å². The molecule has 0 aromatic carbocycles.